The average Bonchev–Trinajstić information content (AvgIpc) is 2.65. The molecule has 2 heterocycles. The Hall–Kier alpha value is -2.69. The van der Waals surface area contributed by atoms with Gasteiger partial charge in [0.15, 0.2) is 0 Å². The van der Waals surface area contributed by atoms with Gasteiger partial charge in [-0.1, -0.05) is 30.3 Å². The average molecular weight is 351 g/mol. The highest BCUT2D eigenvalue weighted by atomic mass is 16.2. The number of carbonyl (C=O) groups excluding carboxylic acids is 2. The number of benzene rings is 1. The van der Waals surface area contributed by atoms with Crippen molar-refractivity contribution in [3.8, 4) is 0 Å². The van der Waals surface area contributed by atoms with E-state index in [1.807, 2.05) is 38.1 Å². The molecule has 1 N–H and O–H groups in total. The number of carbonyl (C=O) groups is 2. The van der Waals surface area contributed by atoms with Crippen molar-refractivity contribution in [3.63, 3.8) is 0 Å². The molecule has 1 aliphatic rings. The van der Waals surface area contributed by atoms with E-state index in [9.17, 15) is 9.59 Å². The summed E-state index contributed by atoms with van der Waals surface area (Å²) < 4.78 is 0. The van der Waals surface area contributed by atoms with Gasteiger partial charge in [-0.25, -0.2) is 0 Å². The van der Waals surface area contributed by atoms with Crippen molar-refractivity contribution in [2.75, 3.05) is 11.9 Å². The number of pyridine rings is 1. The van der Waals surface area contributed by atoms with Gasteiger partial charge in [0.05, 0.1) is 11.9 Å². The minimum atomic E-state index is -0.588. The molecule has 1 aromatic heterocycles. The van der Waals surface area contributed by atoms with Crippen molar-refractivity contribution in [3.05, 3.63) is 59.4 Å². The van der Waals surface area contributed by atoms with E-state index >= 15 is 0 Å². The van der Waals surface area contributed by atoms with Crippen LogP contribution in [0, 0.1) is 13.8 Å². The number of hydrogen-bond acceptors (Lipinski definition) is 3. The molecule has 1 atom stereocenters. The van der Waals surface area contributed by atoms with Gasteiger partial charge in [0.1, 0.15) is 0 Å². The highest BCUT2D eigenvalue weighted by Crippen LogP contribution is 2.21. The Morgan fingerprint density at radius 1 is 1.19 bits per heavy atom. The third-order valence-electron chi connectivity index (χ3n) is 4.99. The standard InChI is InChI=1S/C21H25N3O2/c1-15-12-18(14-22-16(15)2)23-20(25)21(26)24-11-7-6-10-19(24)13-17-8-4-3-5-9-17/h3-5,8-9,12,14,19H,6-7,10-11,13H2,1-2H3,(H,23,25). The summed E-state index contributed by atoms with van der Waals surface area (Å²) in [5.74, 6) is -1.04. The maximum atomic E-state index is 12.7. The fourth-order valence-electron chi connectivity index (χ4n) is 3.39. The maximum absolute atomic E-state index is 12.7. The van der Waals surface area contributed by atoms with Gasteiger partial charge in [0.25, 0.3) is 0 Å². The van der Waals surface area contributed by atoms with Gasteiger partial charge in [0, 0.05) is 18.3 Å². The minimum Gasteiger partial charge on any atom is -0.331 e. The lowest BCUT2D eigenvalue weighted by molar-refractivity contribution is -0.145. The molecule has 5 heteroatoms. The van der Waals surface area contributed by atoms with Crippen LogP contribution in [0.3, 0.4) is 0 Å². The molecule has 0 radical (unpaired) electrons. The maximum Gasteiger partial charge on any atom is 0.313 e. The molecule has 1 saturated heterocycles. The summed E-state index contributed by atoms with van der Waals surface area (Å²) in [6.45, 7) is 4.48. The summed E-state index contributed by atoms with van der Waals surface area (Å²) in [4.78, 5) is 31.2. The van der Waals surface area contributed by atoms with Crippen molar-refractivity contribution >= 4 is 17.5 Å². The predicted octanol–water partition coefficient (Wildman–Crippen LogP) is 3.26. The minimum absolute atomic E-state index is 0.0716. The highest BCUT2D eigenvalue weighted by Gasteiger charge is 2.30. The van der Waals surface area contributed by atoms with Gasteiger partial charge in [-0.05, 0) is 56.7 Å². The van der Waals surface area contributed by atoms with E-state index in [1.54, 1.807) is 11.1 Å². The van der Waals surface area contributed by atoms with Crippen LogP contribution in [0.5, 0.6) is 0 Å². The summed E-state index contributed by atoms with van der Waals surface area (Å²) in [6.07, 6.45) is 5.33. The summed E-state index contributed by atoms with van der Waals surface area (Å²) in [5.41, 5.74) is 3.64. The first-order valence-corrected chi connectivity index (χ1v) is 9.13. The number of piperidine rings is 1. The summed E-state index contributed by atoms with van der Waals surface area (Å²) in [7, 11) is 0. The van der Waals surface area contributed by atoms with Crippen LogP contribution < -0.4 is 5.32 Å². The molecule has 2 amide bonds. The van der Waals surface area contributed by atoms with Crippen molar-refractivity contribution in [2.45, 2.75) is 45.6 Å². The van der Waals surface area contributed by atoms with E-state index in [0.717, 1.165) is 36.9 Å². The molecule has 136 valence electrons. The summed E-state index contributed by atoms with van der Waals surface area (Å²) in [6, 6.07) is 12.0. The zero-order valence-electron chi connectivity index (χ0n) is 15.4. The number of hydrogen-bond donors (Lipinski definition) is 1. The smallest absolute Gasteiger partial charge is 0.313 e. The molecule has 26 heavy (non-hydrogen) atoms. The van der Waals surface area contributed by atoms with Crippen LogP contribution in [0.2, 0.25) is 0 Å². The Kier molecular flexibility index (Phi) is 5.66. The molecular weight excluding hydrogens is 326 g/mol. The van der Waals surface area contributed by atoms with Crippen LogP contribution in [0.1, 0.15) is 36.1 Å². The lowest BCUT2D eigenvalue weighted by Gasteiger charge is -2.35. The van der Waals surface area contributed by atoms with Crippen LogP contribution in [-0.4, -0.2) is 34.3 Å². The van der Waals surface area contributed by atoms with Crippen molar-refractivity contribution < 1.29 is 9.59 Å². The second-order valence-electron chi connectivity index (χ2n) is 6.92. The van der Waals surface area contributed by atoms with Gasteiger partial charge in [0.2, 0.25) is 0 Å². The van der Waals surface area contributed by atoms with Gasteiger partial charge < -0.3 is 10.2 Å². The van der Waals surface area contributed by atoms with E-state index < -0.39 is 11.8 Å². The number of anilines is 1. The molecule has 1 fully saturated rings. The Bertz CT molecular complexity index is 789. The molecule has 1 unspecified atom stereocenters. The third-order valence-corrected chi connectivity index (χ3v) is 4.99. The Morgan fingerprint density at radius 3 is 2.69 bits per heavy atom. The van der Waals surface area contributed by atoms with Crippen molar-refractivity contribution in [1.29, 1.82) is 0 Å². The second kappa shape index (κ2) is 8.13. The third kappa shape index (κ3) is 4.28. The fourth-order valence-corrected chi connectivity index (χ4v) is 3.39. The lowest BCUT2D eigenvalue weighted by atomic mass is 9.95. The largest absolute Gasteiger partial charge is 0.331 e. The molecule has 0 bridgehead atoms. The zero-order chi connectivity index (χ0) is 18.5. The molecule has 2 aromatic rings. The molecule has 1 aromatic carbocycles. The molecule has 5 nitrogen and oxygen atoms in total. The highest BCUT2D eigenvalue weighted by molar-refractivity contribution is 6.39. The summed E-state index contributed by atoms with van der Waals surface area (Å²) in [5, 5.41) is 2.70. The normalized spacial score (nSPS) is 17.0. The van der Waals surface area contributed by atoms with Gasteiger partial charge in [-0.2, -0.15) is 0 Å². The van der Waals surface area contributed by atoms with E-state index in [4.69, 9.17) is 0 Å². The van der Waals surface area contributed by atoms with Crippen LogP contribution in [-0.2, 0) is 16.0 Å². The fraction of sp³-hybridized carbons (Fsp3) is 0.381. The van der Waals surface area contributed by atoms with Crippen LogP contribution in [0.15, 0.2) is 42.6 Å². The molecule has 1 aliphatic heterocycles. The number of nitrogens with zero attached hydrogens (tertiary/aromatic N) is 2. The van der Waals surface area contributed by atoms with E-state index in [2.05, 4.69) is 22.4 Å². The number of nitrogens with one attached hydrogen (secondary N) is 1. The first kappa shape index (κ1) is 18.1. The van der Waals surface area contributed by atoms with Crippen molar-refractivity contribution in [1.82, 2.24) is 9.88 Å². The predicted molar refractivity (Wildman–Crippen MR) is 102 cm³/mol. The first-order chi connectivity index (χ1) is 12.5. The number of likely N-dealkylation sites (tertiary alicyclic amines) is 1. The van der Waals surface area contributed by atoms with E-state index in [1.165, 1.54) is 5.56 Å². The van der Waals surface area contributed by atoms with Gasteiger partial charge in [-0.15, -0.1) is 0 Å². The summed E-state index contributed by atoms with van der Waals surface area (Å²) >= 11 is 0. The molecule has 3 rings (SSSR count). The second-order valence-corrected chi connectivity index (χ2v) is 6.92. The topological polar surface area (TPSA) is 62.3 Å². The van der Waals surface area contributed by atoms with Gasteiger partial charge in [-0.3, -0.25) is 14.6 Å². The Balaban J connectivity index is 1.69. The monoisotopic (exact) mass is 351 g/mol. The van der Waals surface area contributed by atoms with E-state index in [-0.39, 0.29) is 6.04 Å². The quantitative estimate of drug-likeness (QED) is 0.864. The zero-order valence-corrected chi connectivity index (χ0v) is 15.4. The number of rotatable bonds is 3. The number of aryl methyl sites for hydroxylation is 2. The molecular formula is C21H25N3O2. The lowest BCUT2D eigenvalue weighted by Crippen LogP contribution is -2.49. The Labute approximate surface area is 154 Å². The van der Waals surface area contributed by atoms with Crippen molar-refractivity contribution in [2.24, 2.45) is 0 Å². The number of aromatic nitrogens is 1. The molecule has 0 spiro atoms. The SMILES string of the molecule is Cc1cc(NC(=O)C(=O)N2CCCCC2Cc2ccccc2)cnc1C. The van der Waals surface area contributed by atoms with Crippen LogP contribution >= 0.6 is 0 Å². The van der Waals surface area contributed by atoms with Crippen LogP contribution in [0.4, 0.5) is 5.69 Å². The van der Waals surface area contributed by atoms with Crippen LogP contribution in [0.25, 0.3) is 0 Å². The first-order valence-electron chi connectivity index (χ1n) is 9.13. The van der Waals surface area contributed by atoms with E-state index in [0.29, 0.717) is 12.2 Å². The van der Waals surface area contributed by atoms with Gasteiger partial charge >= 0.3 is 11.8 Å². The molecule has 0 aliphatic carbocycles. The number of amides is 2. The molecule has 0 saturated carbocycles. The Morgan fingerprint density at radius 2 is 1.96 bits per heavy atom.